The monoisotopic (exact) mass is 292 g/mol. The first-order valence-electron chi connectivity index (χ1n) is 7.51. The molecule has 2 N–H and O–H groups in total. The van der Waals surface area contributed by atoms with Crippen LogP contribution in [0.2, 0.25) is 0 Å². The third-order valence-corrected chi connectivity index (χ3v) is 3.10. The summed E-state index contributed by atoms with van der Waals surface area (Å²) in [5, 5.41) is 11.9. The number of urea groups is 1. The summed E-state index contributed by atoms with van der Waals surface area (Å²) in [6.45, 7) is 10.2. The summed E-state index contributed by atoms with van der Waals surface area (Å²) < 4.78 is 0. The first-order chi connectivity index (χ1) is 9.81. The second-order valence-corrected chi connectivity index (χ2v) is 6.70. The summed E-state index contributed by atoms with van der Waals surface area (Å²) in [4.78, 5) is 14.1. The van der Waals surface area contributed by atoms with Crippen molar-refractivity contribution in [3.05, 3.63) is 35.4 Å². The van der Waals surface area contributed by atoms with Crippen LogP contribution in [-0.2, 0) is 6.54 Å². The molecule has 1 rings (SSSR count). The fraction of sp³-hybridized carbons (Fsp3) is 0.588. The van der Waals surface area contributed by atoms with Crippen molar-refractivity contribution in [3.8, 4) is 0 Å². The lowest BCUT2D eigenvalue weighted by Gasteiger charge is -2.30. The fourth-order valence-electron chi connectivity index (χ4n) is 2.08. The first kappa shape index (κ1) is 17.5. The van der Waals surface area contributed by atoms with Crippen LogP contribution in [0.25, 0.3) is 0 Å². The second kappa shape index (κ2) is 8.03. The van der Waals surface area contributed by atoms with Crippen molar-refractivity contribution in [1.82, 2.24) is 10.2 Å². The number of benzene rings is 1. The lowest BCUT2D eigenvalue weighted by molar-refractivity contribution is 0.164. The van der Waals surface area contributed by atoms with Crippen molar-refractivity contribution in [2.75, 3.05) is 19.7 Å². The quantitative estimate of drug-likeness (QED) is 0.847. The third-order valence-electron chi connectivity index (χ3n) is 3.10. The summed E-state index contributed by atoms with van der Waals surface area (Å²) >= 11 is 0. The predicted molar refractivity (Wildman–Crippen MR) is 86.1 cm³/mol. The Morgan fingerprint density at radius 1 is 1.24 bits per heavy atom. The van der Waals surface area contributed by atoms with Crippen molar-refractivity contribution in [1.29, 1.82) is 0 Å². The van der Waals surface area contributed by atoms with Gasteiger partial charge in [0.25, 0.3) is 0 Å². The molecule has 0 aromatic heterocycles. The molecular weight excluding hydrogens is 264 g/mol. The Kier molecular flexibility index (Phi) is 6.69. The smallest absolute Gasteiger partial charge is 0.317 e. The zero-order valence-electron chi connectivity index (χ0n) is 13.6. The van der Waals surface area contributed by atoms with Crippen LogP contribution in [0, 0.1) is 12.3 Å². The highest BCUT2D eigenvalue weighted by atomic mass is 16.3. The molecule has 0 bridgehead atoms. The van der Waals surface area contributed by atoms with Crippen LogP contribution in [0.4, 0.5) is 4.79 Å². The van der Waals surface area contributed by atoms with Gasteiger partial charge in [0.2, 0.25) is 0 Å². The Hall–Kier alpha value is -1.55. The molecule has 0 heterocycles. The van der Waals surface area contributed by atoms with Gasteiger partial charge in [-0.05, 0) is 24.3 Å². The zero-order chi connectivity index (χ0) is 15.9. The average molecular weight is 292 g/mol. The molecule has 1 aromatic rings. The van der Waals surface area contributed by atoms with E-state index in [2.05, 4.69) is 26.1 Å². The Morgan fingerprint density at radius 3 is 2.38 bits per heavy atom. The third kappa shape index (κ3) is 7.14. The summed E-state index contributed by atoms with van der Waals surface area (Å²) in [5.74, 6) is 0. The molecule has 2 amide bonds. The first-order valence-corrected chi connectivity index (χ1v) is 7.51. The van der Waals surface area contributed by atoms with E-state index in [1.54, 1.807) is 4.90 Å². The minimum atomic E-state index is -0.0704. The molecule has 4 heteroatoms. The maximum absolute atomic E-state index is 12.3. The number of nitrogens with zero attached hydrogens (tertiary/aromatic N) is 1. The van der Waals surface area contributed by atoms with Gasteiger partial charge in [-0.2, -0.15) is 0 Å². The van der Waals surface area contributed by atoms with Crippen LogP contribution in [0.5, 0.6) is 0 Å². The number of rotatable bonds is 6. The topological polar surface area (TPSA) is 52.6 Å². The second-order valence-electron chi connectivity index (χ2n) is 6.70. The van der Waals surface area contributed by atoms with Gasteiger partial charge in [0.1, 0.15) is 0 Å². The van der Waals surface area contributed by atoms with E-state index in [1.165, 1.54) is 5.56 Å². The molecule has 4 nitrogen and oxygen atoms in total. The summed E-state index contributed by atoms with van der Waals surface area (Å²) in [5.41, 5.74) is 2.34. The van der Waals surface area contributed by atoms with Crippen LogP contribution in [-0.4, -0.2) is 35.7 Å². The lowest BCUT2D eigenvalue weighted by atomic mass is 9.96. The number of aliphatic hydroxyl groups excluding tert-OH is 1. The number of aliphatic hydroxyl groups is 1. The van der Waals surface area contributed by atoms with Crippen molar-refractivity contribution >= 4 is 6.03 Å². The molecular formula is C17H28N2O2. The van der Waals surface area contributed by atoms with E-state index in [4.69, 9.17) is 5.11 Å². The summed E-state index contributed by atoms with van der Waals surface area (Å²) in [6.07, 6.45) is 0.605. The number of nitrogens with one attached hydrogen (secondary N) is 1. The molecule has 1 aromatic carbocycles. The van der Waals surface area contributed by atoms with E-state index < -0.39 is 0 Å². The van der Waals surface area contributed by atoms with Crippen LogP contribution in [0.1, 0.15) is 38.3 Å². The van der Waals surface area contributed by atoms with Crippen LogP contribution in [0.3, 0.4) is 0 Å². The van der Waals surface area contributed by atoms with Crippen LogP contribution < -0.4 is 5.32 Å². The number of carbonyl (C=O) groups is 1. The highest BCUT2D eigenvalue weighted by Gasteiger charge is 2.20. The van der Waals surface area contributed by atoms with E-state index >= 15 is 0 Å². The molecule has 0 radical (unpaired) electrons. The average Bonchev–Trinajstić information content (AvgIpc) is 2.41. The molecule has 0 unspecified atom stereocenters. The molecule has 0 aliphatic carbocycles. The van der Waals surface area contributed by atoms with Gasteiger partial charge in [0, 0.05) is 26.2 Å². The molecule has 0 aliphatic heterocycles. The Bertz CT molecular complexity index is 435. The van der Waals surface area contributed by atoms with E-state index in [0.29, 0.717) is 26.1 Å². The Balaban J connectivity index is 2.56. The Labute approximate surface area is 128 Å². The standard InChI is InChI=1S/C17H28N2O2/c1-14-6-8-15(9-7-14)12-18-16(21)19(10-5-11-20)13-17(2,3)4/h6-9,20H,5,10-13H2,1-4H3,(H,18,21). The maximum Gasteiger partial charge on any atom is 0.317 e. The van der Waals surface area contributed by atoms with Gasteiger partial charge in [-0.1, -0.05) is 50.6 Å². The SMILES string of the molecule is Cc1ccc(CNC(=O)N(CCCO)CC(C)(C)C)cc1. The zero-order valence-corrected chi connectivity index (χ0v) is 13.6. The number of carbonyl (C=O) groups excluding carboxylic acids is 1. The fourth-order valence-corrected chi connectivity index (χ4v) is 2.08. The number of amides is 2. The number of hydrogen-bond donors (Lipinski definition) is 2. The van der Waals surface area contributed by atoms with Crippen molar-refractivity contribution in [3.63, 3.8) is 0 Å². The van der Waals surface area contributed by atoms with Gasteiger partial charge >= 0.3 is 6.03 Å². The molecule has 0 saturated heterocycles. The van der Waals surface area contributed by atoms with Crippen molar-refractivity contribution in [2.24, 2.45) is 5.41 Å². The van der Waals surface area contributed by atoms with Crippen molar-refractivity contribution in [2.45, 2.75) is 40.7 Å². The van der Waals surface area contributed by atoms with E-state index in [1.807, 2.05) is 31.2 Å². The number of hydrogen-bond acceptors (Lipinski definition) is 2. The normalized spacial score (nSPS) is 11.3. The molecule has 118 valence electrons. The van der Waals surface area contributed by atoms with Crippen LogP contribution >= 0.6 is 0 Å². The highest BCUT2D eigenvalue weighted by molar-refractivity contribution is 5.74. The van der Waals surface area contributed by atoms with Gasteiger partial charge < -0.3 is 15.3 Å². The van der Waals surface area contributed by atoms with E-state index in [-0.39, 0.29) is 18.1 Å². The molecule has 21 heavy (non-hydrogen) atoms. The van der Waals surface area contributed by atoms with Crippen molar-refractivity contribution < 1.29 is 9.90 Å². The highest BCUT2D eigenvalue weighted by Crippen LogP contribution is 2.15. The summed E-state index contributed by atoms with van der Waals surface area (Å²) in [6, 6.07) is 8.06. The predicted octanol–water partition coefficient (Wildman–Crippen LogP) is 2.94. The van der Waals surface area contributed by atoms with Gasteiger partial charge in [-0.3, -0.25) is 0 Å². The molecule has 0 aliphatic rings. The molecule has 0 fully saturated rings. The van der Waals surface area contributed by atoms with E-state index in [0.717, 1.165) is 5.56 Å². The Morgan fingerprint density at radius 2 is 1.86 bits per heavy atom. The molecule has 0 saturated carbocycles. The molecule has 0 spiro atoms. The van der Waals surface area contributed by atoms with Crippen LogP contribution in [0.15, 0.2) is 24.3 Å². The summed E-state index contributed by atoms with van der Waals surface area (Å²) in [7, 11) is 0. The largest absolute Gasteiger partial charge is 0.396 e. The number of aryl methyl sites for hydroxylation is 1. The maximum atomic E-state index is 12.3. The van der Waals surface area contributed by atoms with Gasteiger partial charge in [0.05, 0.1) is 0 Å². The van der Waals surface area contributed by atoms with Gasteiger partial charge in [-0.15, -0.1) is 0 Å². The minimum Gasteiger partial charge on any atom is -0.396 e. The molecule has 0 atom stereocenters. The lowest BCUT2D eigenvalue weighted by Crippen LogP contribution is -2.44. The minimum absolute atomic E-state index is 0.0383. The van der Waals surface area contributed by atoms with Gasteiger partial charge in [-0.25, -0.2) is 4.79 Å². The van der Waals surface area contributed by atoms with E-state index in [9.17, 15) is 4.79 Å². The van der Waals surface area contributed by atoms with Gasteiger partial charge in [0.15, 0.2) is 0 Å².